The Bertz CT molecular complexity index is 914. The lowest BCUT2D eigenvalue weighted by atomic mass is 10.1. The minimum Gasteiger partial charge on any atom is -0.274 e. The van der Waals surface area contributed by atoms with Crippen LogP contribution in [0.15, 0.2) is 53.7 Å². The van der Waals surface area contributed by atoms with E-state index in [4.69, 9.17) is 23.2 Å². The molecule has 0 spiro atoms. The Hall–Kier alpha value is -2.09. The molecule has 0 amide bonds. The second-order valence-corrected chi connectivity index (χ2v) is 7.56. The highest BCUT2D eigenvalue weighted by atomic mass is 35.5. The number of halogens is 2. The minimum absolute atomic E-state index is 0.237. The largest absolute Gasteiger partial charge is 0.274 e. The molecule has 3 rings (SSSR count). The van der Waals surface area contributed by atoms with Gasteiger partial charge in [-0.25, -0.2) is 0 Å². The van der Waals surface area contributed by atoms with Crippen LogP contribution in [0.4, 0.5) is 0 Å². The number of thioether (sulfide) groups is 1. The number of aryl methyl sites for hydroxylation is 1. The summed E-state index contributed by atoms with van der Waals surface area (Å²) < 4.78 is 1.85. The third-order valence-electron chi connectivity index (χ3n) is 3.68. The molecule has 0 aliphatic rings. The number of aromatic nitrogens is 3. The van der Waals surface area contributed by atoms with Crippen molar-refractivity contribution in [2.45, 2.75) is 17.3 Å². The Kier molecular flexibility index (Phi) is 5.80. The Morgan fingerprint density at radius 3 is 2.23 bits per heavy atom. The molecule has 0 bridgehead atoms. The summed E-state index contributed by atoms with van der Waals surface area (Å²) in [5.41, 5.74) is 1.65. The van der Waals surface area contributed by atoms with E-state index >= 15 is 0 Å². The van der Waals surface area contributed by atoms with Crippen LogP contribution in [0.2, 0.25) is 10.0 Å². The van der Waals surface area contributed by atoms with Crippen molar-refractivity contribution in [3.63, 3.8) is 0 Å². The number of nitro groups is 1. The molecule has 26 heavy (non-hydrogen) atoms. The van der Waals surface area contributed by atoms with Crippen molar-refractivity contribution >= 4 is 35.0 Å². The molecular formula is C17H14Cl2N4O2S. The fraction of sp³-hybridized carbons (Fsp3) is 0.176. The average Bonchev–Trinajstić information content (AvgIpc) is 2.96. The zero-order chi connectivity index (χ0) is 18.7. The van der Waals surface area contributed by atoms with E-state index < -0.39 is 5.25 Å². The molecule has 0 fully saturated rings. The van der Waals surface area contributed by atoms with Crippen molar-refractivity contribution in [3.8, 4) is 5.69 Å². The summed E-state index contributed by atoms with van der Waals surface area (Å²) in [6, 6.07) is 14.3. The summed E-state index contributed by atoms with van der Waals surface area (Å²) in [5, 5.41) is 20.8. The quantitative estimate of drug-likeness (QED) is 0.326. The zero-order valence-electron chi connectivity index (χ0n) is 13.7. The molecule has 1 heterocycles. The fourth-order valence-electron chi connectivity index (χ4n) is 2.46. The molecule has 0 saturated heterocycles. The zero-order valence-corrected chi connectivity index (χ0v) is 16.0. The van der Waals surface area contributed by atoms with E-state index in [1.807, 2.05) is 23.6 Å². The van der Waals surface area contributed by atoms with Gasteiger partial charge in [0.1, 0.15) is 11.1 Å². The van der Waals surface area contributed by atoms with E-state index in [0.29, 0.717) is 21.0 Å². The number of nitrogens with zero attached hydrogens (tertiary/aromatic N) is 4. The predicted octanol–water partition coefficient (Wildman–Crippen LogP) is 4.99. The Morgan fingerprint density at radius 2 is 1.65 bits per heavy atom. The second kappa shape index (κ2) is 8.07. The van der Waals surface area contributed by atoms with Gasteiger partial charge in [0.2, 0.25) is 6.54 Å². The van der Waals surface area contributed by atoms with Crippen molar-refractivity contribution in [2.75, 3.05) is 6.54 Å². The topological polar surface area (TPSA) is 73.8 Å². The van der Waals surface area contributed by atoms with Gasteiger partial charge in [0.15, 0.2) is 5.16 Å². The lowest BCUT2D eigenvalue weighted by Gasteiger charge is -2.14. The molecule has 0 aliphatic carbocycles. The van der Waals surface area contributed by atoms with Gasteiger partial charge in [0.05, 0.1) is 0 Å². The molecule has 3 aromatic rings. The summed E-state index contributed by atoms with van der Waals surface area (Å²) in [4.78, 5) is 10.8. The maximum atomic E-state index is 11.1. The number of rotatable bonds is 6. The minimum atomic E-state index is -0.420. The van der Waals surface area contributed by atoms with E-state index in [2.05, 4.69) is 10.2 Å². The van der Waals surface area contributed by atoms with E-state index in [0.717, 1.165) is 11.3 Å². The first-order valence-corrected chi connectivity index (χ1v) is 9.29. The summed E-state index contributed by atoms with van der Waals surface area (Å²) in [6.45, 7) is 1.59. The van der Waals surface area contributed by atoms with Gasteiger partial charge in [0.25, 0.3) is 0 Å². The number of hydrogen-bond donors (Lipinski definition) is 0. The van der Waals surface area contributed by atoms with Gasteiger partial charge in [-0.1, -0.05) is 47.1 Å². The Labute approximate surface area is 164 Å². The summed E-state index contributed by atoms with van der Waals surface area (Å²) in [7, 11) is 0. The van der Waals surface area contributed by atoms with Gasteiger partial charge in [-0.2, -0.15) is 0 Å². The van der Waals surface area contributed by atoms with Crippen LogP contribution in [-0.2, 0) is 0 Å². The Morgan fingerprint density at radius 1 is 1.08 bits per heavy atom. The SMILES string of the molecule is Cc1nnc(S[C@@H](C[N+](=O)[O-])c2ccc(Cl)cc2)n1-c1ccc(Cl)cc1. The van der Waals surface area contributed by atoms with Crippen LogP contribution in [0.1, 0.15) is 16.6 Å². The molecule has 0 aliphatic heterocycles. The second-order valence-electron chi connectivity index (χ2n) is 5.51. The molecule has 0 saturated carbocycles. The van der Waals surface area contributed by atoms with E-state index in [1.54, 1.807) is 36.4 Å². The summed E-state index contributed by atoms with van der Waals surface area (Å²) in [5.74, 6) is 0.686. The first kappa shape index (κ1) is 18.7. The maximum absolute atomic E-state index is 11.1. The molecule has 6 nitrogen and oxygen atoms in total. The lowest BCUT2D eigenvalue weighted by molar-refractivity contribution is -0.479. The molecule has 9 heteroatoms. The molecule has 0 radical (unpaired) electrons. The maximum Gasteiger partial charge on any atom is 0.220 e. The van der Waals surface area contributed by atoms with Crippen molar-refractivity contribution in [3.05, 3.63) is 80.1 Å². The fourth-order valence-corrected chi connectivity index (χ4v) is 3.88. The molecule has 134 valence electrons. The van der Waals surface area contributed by atoms with E-state index in [9.17, 15) is 10.1 Å². The van der Waals surface area contributed by atoms with Crippen LogP contribution in [0, 0.1) is 17.0 Å². The van der Waals surface area contributed by atoms with Gasteiger partial charge in [-0.15, -0.1) is 10.2 Å². The van der Waals surface area contributed by atoms with Crippen LogP contribution in [0.5, 0.6) is 0 Å². The van der Waals surface area contributed by atoms with Crippen LogP contribution >= 0.6 is 35.0 Å². The van der Waals surface area contributed by atoms with Crippen LogP contribution in [-0.4, -0.2) is 26.2 Å². The van der Waals surface area contributed by atoms with Crippen LogP contribution < -0.4 is 0 Å². The molecular weight excluding hydrogens is 395 g/mol. The van der Waals surface area contributed by atoms with Crippen LogP contribution in [0.25, 0.3) is 5.69 Å². The third kappa shape index (κ3) is 4.35. The van der Waals surface area contributed by atoms with Gasteiger partial charge >= 0.3 is 0 Å². The number of hydrogen-bond acceptors (Lipinski definition) is 5. The highest BCUT2D eigenvalue weighted by molar-refractivity contribution is 7.99. The monoisotopic (exact) mass is 408 g/mol. The number of benzene rings is 2. The molecule has 1 aromatic heterocycles. The van der Waals surface area contributed by atoms with Gasteiger partial charge in [0, 0.05) is 20.7 Å². The van der Waals surface area contributed by atoms with Gasteiger partial charge in [-0.05, 0) is 48.9 Å². The van der Waals surface area contributed by atoms with Crippen molar-refractivity contribution in [1.29, 1.82) is 0 Å². The standard InChI is InChI=1S/C17H14Cl2N4O2S/c1-11-20-21-17(23(11)15-8-6-14(19)7-9-15)26-16(10-22(24)25)12-2-4-13(18)5-3-12/h2-9,16H,10H2,1H3/t16-/m0/s1. The van der Waals surface area contributed by atoms with Crippen molar-refractivity contribution in [1.82, 2.24) is 14.8 Å². The Balaban J connectivity index is 1.95. The molecule has 2 aromatic carbocycles. The average molecular weight is 409 g/mol. The van der Waals surface area contributed by atoms with E-state index in [-0.39, 0.29) is 11.5 Å². The van der Waals surface area contributed by atoms with Gasteiger partial charge in [-0.3, -0.25) is 14.7 Å². The first-order valence-electron chi connectivity index (χ1n) is 7.66. The van der Waals surface area contributed by atoms with Gasteiger partial charge < -0.3 is 0 Å². The summed E-state index contributed by atoms with van der Waals surface area (Å²) >= 11 is 13.2. The summed E-state index contributed by atoms with van der Waals surface area (Å²) in [6.07, 6.45) is 0. The third-order valence-corrected chi connectivity index (χ3v) is 5.37. The predicted molar refractivity (Wildman–Crippen MR) is 103 cm³/mol. The highest BCUT2D eigenvalue weighted by Gasteiger charge is 2.23. The molecule has 1 atom stereocenters. The normalized spacial score (nSPS) is 12.1. The molecule has 0 N–H and O–H groups in total. The van der Waals surface area contributed by atoms with E-state index in [1.165, 1.54) is 11.8 Å². The van der Waals surface area contributed by atoms with Crippen LogP contribution in [0.3, 0.4) is 0 Å². The molecule has 0 unspecified atom stereocenters. The van der Waals surface area contributed by atoms with Crippen molar-refractivity contribution < 1.29 is 4.92 Å². The van der Waals surface area contributed by atoms with Crippen molar-refractivity contribution in [2.24, 2.45) is 0 Å². The first-order chi connectivity index (χ1) is 12.4. The smallest absolute Gasteiger partial charge is 0.220 e. The highest BCUT2D eigenvalue weighted by Crippen LogP contribution is 2.36. The lowest BCUT2D eigenvalue weighted by Crippen LogP contribution is -2.11.